The van der Waals surface area contributed by atoms with Gasteiger partial charge in [0.25, 0.3) is 0 Å². The summed E-state index contributed by atoms with van der Waals surface area (Å²) in [4.78, 5) is 5.52. The van der Waals surface area contributed by atoms with Crippen molar-refractivity contribution in [3.8, 4) is 0 Å². The third kappa shape index (κ3) is 3.37. The number of hydrogen-bond acceptors (Lipinski definition) is 3. The molecule has 0 saturated heterocycles. The largest absolute Gasteiger partial charge is 0.379 e. The van der Waals surface area contributed by atoms with Crippen LogP contribution in [0.4, 0.5) is 5.69 Å². The molecule has 1 fully saturated rings. The second-order valence-electron chi connectivity index (χ2n) is 5.40. The Balaban J connectivity index is 1.54. The van der Waals surface area contributed by atoms with Gasteiger partial charge in [0.05, 0.1) is 18.6 Å². The molecule has 4 heteroatoms. The quantitative estimate of drug-likeness (QED) is 0.899. The number of hydrogen-bond donors (Lipinski definition) is 1. The Labute approximate surface area is 124 Å². The number of thioether (sulfide) groups is 1. The first-order valence-electron chi connectivity index (χ1n) is 7.27. The molecule has 20 heavy (non-hydrogen) atoms. The number of nitrogens with zero attached hydrogens (tertiary/aromatic N) is 2. The van der Waals surface area contributed by atoms with E-state index in [0.29, 0.717) is 0 Å². The Hall–Kier alpha value is -1.42. The predicted molar refractivity (Wildman–Crippen MR) is 85.1 cm³/mol. The van der Waals surface area contributed by atoms with Gasteiger partial charge in [-0.1, -0.05) is 12.8 Å². The van der Waals surface area contributed by atoms with Crippen molar-refractivity contribution in [1.82, 2.24) is 9.55 Å². The van der Waals surface area contributed by atoms with Crippen LogP contribution in [-0.4, -0.2) is 14.8 Å². The summed E-state index contributed by atoms with van der Waals surface area (Å²) >= 11 is 2.04. The molecule has 2 aromatic rings. The van der Waals surface area contributed by atoms with Gasteiger partial charge in [-0.15, -0.1) is 11.8 Å². The number of imidazole rings is 1. The van der Waals surface area contributed by atoms with Gasteiger partial charge in [0.15, 0.2) is 0 Å². The number of benzene rings is 1. The lowest BCUT2D eigenvalue weighted by Crippen LogP contribution is -2.03. The van der Waals surface area contributed by atoms with Gasteiger partial charge in [-0.3, -0.25) is 0 Å². The Bertz CT molecular complexity index is 541. The van der Waals surface area contributed by atoms with Gasteiger partial charge in [0.1, 0.15) is 0 Å². The van der Waals surface area contributed by atoms with Crippen LogP contribution in [0, 0.1) is 0 Å². The van der Waals surface area contributed by atoms with Crippen LogP contribution in [0.1, 0.15) is 31.4 Å². The molecular weight excluding hydrogens is 266 g/mol. The van der Waals surface area contributed by atoms with Crippen molar-refractivity contribution in [3.05, 3.63) is 42.5 Å². The highest BCUT2D eigenvalue weighted by molar-refractivity contribution is 8.00. The smallest absolute Gasteiger partial charge is 0.0946 e. The average Bonchev–Trinajstić information content (AvgIpc) is 3.10. The van der Waals surface area contributed by atoms with Crippen LogP contribution in [0.3, 0.4) is 0 Å². The Morgan fingerprint density at radius 3 is 2.65 bits per heavy atom. The van der Waals surface area contributed by atoms with E-state index in [1.807, 2.05) is 35.9 Å². The molecule has 1 aromatic carbocycles. The molecule has 1 heterocycles. The van der Waals surface area contributed by atoms with E-state index >= 15 is 0 Å². The molecule has 0 amide bonds. The Kier molecular flexibility index (Phi) is 4.31. The lowest BCUT2D eigenvalue weighted by atomic mass is 10.3. The third-order valence-corrected chi connectivity index (χ3v) is 5.20. The molecule has 1 aliphatic rings. The van der Waals surface area contributed by atoms with Crippen molar-refractivity contribution in [2.45, 2.75) is 42.4 Å². The molecule has 0 unspecified atom stereocenters. The van der Waals surface area contributed by atoms with Crippen molar-refractivity contribution in [2.75, 3.05) is 5.32 Å². The zero-order valence-corrected chi connectivity index (χ0v) is 12.7. The van der Waals surface area contributed by atoms with E-state index in [9.17, 15) is 0 Å². The highest BCUT2D eigenvalue weighted by atomic mass is 32.2. The molecule has 1 saturated carbocycles. The van der Waals surface area contributed by atoms with E-state index in [-0.39, 0.29) is 0 Å². The van der Waals surface area contributed by atoms with Crippen LogP contribution < -0.4 is 5.32 Å². The van der Waals surface area contributed by atoms with Gasteiger partial charge >= 0.3 is 0 Å². The van der Waals surface area contributed by atoms with E-state index < -0.39 is 0 Å². The van der Waals surface area contributed by atoms with E-state index in [2.05, 4.69) is 34.6 Å². The average molecular weight is 287 g/mol. The van der Waals surface area contributed by atoms with Gasteiger partial charge in [-0.2, -0.15) is 0 Å². The maximum absolute atomic E-state index is 4.13. The molecule has 0 bridgehead atoms. The Morgan fingerprint density at radius 1 is 1.25 bits per heavy atom. The van der Waals surface area contributed by atoms with Crippen LogP contribution >= 0.6 is 11.8 Å². The second-order valence-corrected chi connectivity index (χ2v) is 6.77. The molecular formula is C16H21N3S. The fourth-order valence-corrected chi connectivity index (χ4v) is 3.84. The van der Waals surface area contributed by atoms with Crippen molar-refractivity contribution < 1.29 is 0 Å². The molecule has 0 atom stereocenters. The van der Waals surface area contributed by atoms with Gasteiger partial charge < -0.3 is 9.88 Å². The minimum atomic E-state index is 0.811. The van der Waals surface area contributed by atoms with Crippen LogP contribution in [0.25, 0.3) is 0 Å². The SMILES string of the molecule is Cn1cncc1CNc1ccc(SC2CCCC2)cc1. The lowest BCUT2D eigenvalue weighted by Gasteiger charge is -2.10. The van der Waals surface area contributed by atoms with E-state index in [1.54, 1.807) is 0 Å². The fraction of sp³-hybridized carbons (Fsp3) is 0.438. The molecule has 3 rings (SSSR count). The van der Waals surface area contributed by atoms with Crippen LogP contribution in [0.15, 0.2) is 41.7 Å². The maximum atomic E-state index is 4.13. The Morgan fingerprint density at radius 2 is 2.00 bits per heavy atom. The monoisotopic (exact) mass is 287 g/mol. The van der Waals surface area contributed by atoms with Crippen molar-refractivity contribution in [1.29, 1.82) is 0 Å². The molecule has 3 nitrogen and oxygen atoms in total. The number of anilines is 1. The maximum Gasteiger partial charge on any atom is 0.0946 e. The fourth-order valence-electron chi connectivity index (χ4n) is 2.60. The van der Waals surface area contributed by atoms with Gasteiger partial charge in [0, 0.05) is 29.1 Å². The van der Waals surface area contributed by atoms with E-state index in [4.69, 9.17) is 0 Å². The summed E-state index contributed by atoms with van der Waals surface area (Å²) < 4.78 is 2.04. The van der Waals surface area contributed by atoms with Crippen molar-refractivity contribution in [3.63, 3.8) is 0 Å². The number of aromatic nitrogens is 2. The standard InChI is InChI=1S/C16H21N3S/c1-19-12-17-10-14(19)11-18-13-6-8-16(9-7-13)20-15-4-2-3-5-15/h6-10,12,15,18H,2-5,11H2,1H3. The van der Waals surface area contributed by atoms with Crippen molar-refractivity contribution >= 4 is 17.4 Å². The molecule has 0 radical (unpaired) electrons. The summed E-state index contributed by atoms with van der Waals surface area (Å²) in [5.74, 6) is 0. The topological polar surface area (TPSA) is 29.9 Å². The summed E-state index contributed by atoms with van der Waals surface area (Å²) in [7, 11) is 2.02. The van der Waals surface area contributed by atoms with Crippen LogP contribution in [0.5, 0.6) is 0 Å². The number of rotatable bonds is 5. The molecule has 1 aromatic heterocycles. The van der Waals surface area contributed by atoms with E-state index in [0.717, 1.165) is 11.8 Å². The minimum absolute atomic E-state index is 0.811. The minimum Gasteiger partial charge on any atom is -0.379 e. The molecule has 0 spiro atoms. The molecule has 106 valence electrons. The highest BCUT2D eigenvalue weighted by Crippen LogP contribution is 2.34. The molecule has 0 aliphatic heterocycles. The van der Waals surface area contributed by atoms with Gasteiger partial charge in [0.2, 0.25) is 0 Å². The first kappa shape index (κ1) is 13.6. The molecule has 1 N–H and O–H groups in total. The number of aryl methyl sites for hydroxylation is 1. The van der Waals surface area contributed by atoms with Gasteiger partial charge in [-0.05, 0) is 37.1 Å². The lowest BCUT2D eigenvalue weighted by molar-refractivity contribution is 0.837. The third-order valence-electron chi connectivity index (χ3n) is 3.85. The van der Waals surface area contributed by atoms with Crippen LogP contribution in [-0.2, 0) is 13.6 Å². The number of nitrogens with one attached hydrogen (secondary N) is 1. The van der Waals surface area contributed by atoms with Crippen molar-refractivity contribution in [2.24, 2.45) is 7.05 Å². The normalized spacial score (nSPS) is 15.7. The summed E-state index contributed by atoms with van der Waals surface area (Å²) in [5.41, 5.74) is 2.36. The summed E-state index contributed by atoms with van der Waals surface area (Å²) in [6.07, 6.45) is 9.30. The molecule has 1 aliphatic carbocycles. The second kappa shape index (κ2) is 6.35. The zero-order valence-electron chi connectivity index (χ0n) is 11.9. The first-order valence-corrected chi connectivity index (χ1v) is 8.15. The first-order chi connectivity index (χ1) is 9.81. The zero-order chi connectivity index (χ0) is 13.8. The predicted octanol–water partition coefficient (Wildman–Crippen LogP) is 4.07. The van der Waals surface area contributed by atoms with E-state index in [1.165, 1.54) is 42.0 Å². The summed E-state index contributed by atoms with van der Waals surface area (Å²) in [6.45, 7) is 0.811. The van der Waals surface area contributed by atoms with Crippen LogP contribution in [0.2, 0.25) is 0 Å². The summed E-state index contributed by atoms with van der Waals surface area (Å²) in [5, 5.41) is 4.27. The highest BCUT2D eigenvalue weighted by Gasteiger charge is 2.15. The summed E-state index contributed by atoms with van der Waals surface area (Å²) in [6, 6.07) is 8.81. The van der Waals surface area contributed by atoms with Gasteiger partial charge in [-0.25, -0.2) is 4.98 Å².